The van der Waals surface area contributed by atoms with Gasteiger partial charge in [0.05, 0.1) is 20.3 Å². The van der Waals surface area contributed by atoms with Crippen LogP contribution in [-0.2, 0) is 0 Å². The second-order valence-electron chi connectivity index (χ2n) is 6.18. The monoisotopic (exact) mass is 438 g/mol. The van der Waals surface area contributed by atoms with Gasteiger partial charge in [0.1, 0.15) is 16.0 Å². The summed E-state index contributed by atoms with van der Waals surface area (Å²) in [6.45, 7) is 2.75. The van der Waals surface area contributed by atoms with E-state index >= 15 is 0 Å². The highest BCUT2D eigenvalue weighted by Crippen LogP contribution is 2.35. The number of rotatable bonds is 7. The summed E-state index contributed by atoms with van der Waals surface area (Å²) < 4.78 is 11.4. The predicted octanol–water partition coefficient (Wildman–Crippen LogP) is 4.09. The third-order valence-corrected chi connectivity index (χ3v) is 6.37. The van der Waals surface area contributed by atoms with Gasteiger partial charge in [-0.15, -0.1) is 11.3 Å². The molecule has 1 amide bonds. The van der Waals surface area contributed by atoms with E-state index in [4.69, 9.17) is 9.47 Å². The number of carbonyl (C=O) groups is 1. The van der Waals surface area contributed by atoms with Gasteiger partial charge in [-0.25, -0.2) is 0 Å². The Labute approximate surface area is 166 Å². The molecule has 2 aromatic rings. The molecule has 0 spiro atoms. The van der Waals surface area contributed by atoms with Gasteiger partial charge in [0.25, 0.3) is 5.91 Å². The van der Waals surface area contributed by atoms with Crippen molar-refractivity contribution in [3.63, 3.8) is 0 Å². The molecule has 1 atom stereocenters. The maximum absolute atomic E-state index is 12.7. The Balaban J connectivity index is 1.74. The molecule has 0 aliphatic carbocycles. The van der Waals surface area contributed by atoms with Gasteiger partial charge in [0.15, 0.2) is 0 Å². The first kappa shape index (κ1) is 19.2. The van der Waals surface area contributed by atoms with Crippen molar-refractivity contribution in [1.82, 2.24) is 10.2 Å². The normalized spacial score (nSPS) is 15.7. The number of nitrogens with one attached hydrogen (secondary N) is 1. The van der Waals surface area contributed by atoms with Crippen LogP contribution in [0.2, 0.25) is 0 Å². The fraction of sp³-hybridized carbons (Fsp3) is 0.421. The summed E-state index contributed by atoms with van der Waals surface area (Å²) in [7, 11) is 3.14. The molecule has 5 nitrogen and oxygen atoms in total. The van der Waals surface area contributed by atoms with Crippen molar-refractivity contribution in [2.24, 2.45) is 0 Å². The van der Waals surface area contributed by atoms with Gasteiger partial charge in [-0.1, -0.05) is 6.07 Å². The summed E-state index contributed by atoms with van der Waals surface area (Å²) in [6, 6.07) is 7.87. The SMILES string of the molecule is COc1cc(C(=O)NC[C@@H](c2cccs2)N2CCCC2)cc(OC)c1Br. The zero-order chi connectivity index (χ0) is 18.5. The number of hydrogen-bond donors (Lipinski definition) is 1. The first-order valence-electron chi connectivity index (χ1n) is 8.61. The fourth-order valence-corrected chi connectivity index (χ4v) is 4.65. The Kier molecular flexibility index (Phi) is 6.56. The fourth-order valence-electron chi connectivity index (χ4n) is 3.24. The van der Waals surface area contributed by atoms with E-state index in [0.29, 0.717) is 28.1 Å². The second-order valence-corrected chi connectivity index (χ2v) is 7.95. The number of likely N-dealkylation sites (tertiary alicyclic amines) is 1. The third kappa shape index (κ3) is 4.22. The van der Waals surface area contributed by atoms with Crippen LogP contribution in [0.25, 0.3) is 0 Å². The van der Waals surface area contributed by atoms with Crippen LogP contribution in [0.15, 0.2) is 34.1 Å². The lowest BCUT2D eigenvalue weighted by Crippen LogP contribution is -2.36. The van der Waals surface area contributed by atoms with Crippen molar-refractivity contribution in [1.29, 1.82) is 0 Å². The zero-order valence-electron chi connectivity index (χ0n) is 15.0. The summed E-state index contributed by atoms with van der Waals surface area (Å²) in [4.78, 5) is 16.5. The Morgan fingerprint density at radius 3 is 2.46 bits per heavy atom. The molecule has 0 saturated carbocycles. The van der Waals surface area contributed by atoms with Crippen LogP contribution in [0, 0.1) is 0 Å². The molecule has 1 saturated heterocycles. The number of benzene rings is 1. The lowest BCUT2D eigenvalue weighted by atomic mass is 10.1. The number of thiophene rings is 1. The van der Waals surface area contributed by atoms with E-state index in [2.05, 4.69) is 43.7 Å². The maximum Gasteiger partial charge on any atom is 0.251 e. The van der Waals surface area contributed by atoms with Gasteiger partial charge < -0.3 is 14.8 Å². The van der Waals surface area contributed by atoms with E-state index in [1.165, 1.54) is 17.7 Å². The minimum absolute atomic E-state index is 0.130. The predicted molar refractivity (Wildman–Crippen MR) is 107 cm³/mol. The quantitative estimate of drug-likeness (QED) is 0.706. The number of hydrogen-bond acceptors (Lipinski definition) is 5. The van der Waals surface area contributed by atoms with E-state index in [9.17, 15) is 4.79 Å². The number of carbonyl (C=O) groups excluding carboxylic acids is 1. The number of methoxy groups -OCH3 is 2. The van der Waals surface area contributed by atoms with Crippen LogP contribution < -0.4 is 14.8 Å². The van der Waals surface area contributed by atoms with E-state index in [1.807, 2.05) is 0 Å². The van der Waals surface area contributed by atoms with Gasteiger partial charge in [-0.2, -0.15) is 0 Å². The van der Waals surface area contributed by atoms with E-state index in [-0.39, 0.29) is 11.9 Å². The van der Waals surface area contributed by atoms with Crippen LogP contribution in [0.5, 0.6) is 11.5 Å². The molecule has 1 aliphatic rings. The lowest BCUT2D eigenvalue weighted by Gasteiger charge is -2.27. The minimum Gasteiger partial charge on any atom is -0.495 e. The molecule has 140 valence electrons. The molecule has 1 fully saturated rings. The average Bonchev–Trinajstić information content (AvgIpc) is 3.36. The molecule has 3 rings (SSSR count). The number of ether oxygens (including phenoxy) is 2. The Morgan fingerprint density at radius 1 is 1.27 bits per heavy atom. The lowest BCUT2D eigenvalue weighted by molar-refractivity contribution is 0.0937. The molecule has 1 aromatic heterocycles. The third-order valence-electron chi connectivity index (χ3n) is 4.62. The van der Waals surface area contributed by atoms with Crippen molar-refractivity contribution in [3.8, 4) is 11.5 Å². The highest BCUT2D eigenvalue weighted by Gasteiger charge is 2.25. The zero-order valence-corrected chi connectivity index (χ0v) is 17.4. The molecule has 1 N–H and O–H groups in total. The summed E-state index contributed by atoms with van der Waals surface area (Å²) in [5, 5.41) is 5.17. The Hall–Kier alpha value is -1.57. The summed E-state index contributed by atoms with van der Waals surface area (Å²) >= 11 is 5.17. The largest absolute Gasteiger partial charge is 0.495 e. The summed E-state index contributed by atoms with van der Waals surface area (Å²) in [6.07, 6.45) is 2.44. The van der Waals surface area contributed by atoms with Crippen molar-refractivity contribution in [3.05, 3.63) is 44.6 Å². The van der Waals surface area contributed by atoms with Crippen LogP contribution in [-0.4, -0.2) is 44.7 Å². The summed E-state index contributed by atoms with van der Waals surface area (Å²) in [5.74, 6) is 1.02. The van der Waals surface area contributed by atoms with Crippen LogP contribution in [0.3, 0.4) is 0 Å². The van der Waals surface area contributed by atoms with Gasteiger partial charge in [-0.05, 0) is 65.4 Å². The van der Waals surface area contributed by atoms with Gasteiger partial charge in [0, 0.05) is 17.0 Å². The Bertz CT molecular complexity index is 720. The van der Waals surface area contributed by atoms with E-state index < -0.39 is 0 Å². The van der Waals surface area contributed by atoms with Gasteiger partial charge in [-0.3, -0.25) is 9.69 Å². The van der Waals surface area contributed by atoms with Crippen LogP contribution in [0.4, 0.5) is 0 Å². The number of amides is 1. The van der Waals surface area contributed by atoms with Gasteiger partial charge >= 0.3 is 0 Å². The molecule has 2 heterocycles. The van der Waals surface area contributed by atoms with Crippen molar-refractivity contribution in [2.45, 2.75) is 18.9 Å². The number of halogens is 1. The molecule has 7 heteroatoms. The van der Waals surface area contributed by atoms with E-state index in [0.717, 1.165) is 13.1 Å². The van der Waals surface area contributed by atoms with Crippen molar-refractivity contribution in [2.75, 3.05) is 33.9 Å². The standard InChI is InChI=1S/C19H23BrN2O3S/c1-24-15-10-13(11-16(25-2)18(15)20)19(23)21-12-14(17-6-5-9-26-17)22-7-3-4-8-22/h5-6,9-11,14H,3-4,7-8,12H2,1-2H3,(H,21,23)/t14-/m0/s1. The van der Waals surface area contributed by atoms with Crippen molar-refractivity contribution < 1.29 is 14.3 Å². The highest BCUT2D eigenvalue weighted by molar-refractivity contribution is 9.10. The number of nitrogens with zero attached hydrogens (tertiary/aromatic N) is 1. The molecular formula is C19H23BrN2O3S. The molecular weight excluding hydrogens is 416 g/mol. The molecule has 0 unspecified atom stereocenters. The highest BCUT2D eigenvalue weighted by atomic mass is 79.9. The first-order valence-corrected chi connectivity index (χ1v) is 10.3. The molecule has 26 heavy (non-hydrogen) atoms. The molecule has 1 aromatic carbocycles. The molecule has 0 radical (unpaired) electrons. The first-order chi connectivity index (χ1) is 12.6. The Morgan fingerprint density at radius 2 is 1.92 bits per heavy atom. The van der Waals surface area contributed by atoms with Crippen molar-refractivity contribution >= 4 is 33.2 Å². The molecule has 0 bridgehead atoms. The van der Waals surface area contributed by atoms with Gasteiger partial charge in [0.2, 0.25) is 0 Å². The average molecular weight is 439 g/mol. The maximum atomic E-state index is 12.7. The smallest absolute Gasteiger partial charge is 0.251 e. The van der Waals surface area contributed by atoms with E-state index in [1.54, 1.807) is 37.7 Å². The van der Waals surface area contributed by atoms with Crippen LogP contribution in [0.1, 0.15) is 34.1 Å². The topological polar surface area (TPSA) is 50.8 Å². The molecule has 1 aliphatic heterocycles. The van der Waals surface area contributed by atoms with Crippen LogP contribution >= 0.6 is 27.3 Å². The second kappa shape index (κ2) is 8.88. The minimum atomic E-state index is -0.130. The summed E-state index contributed by atoms with van der Waals surface area (Å²) in [5.41, 5.74) is 0.522.